The first kappa shape index (κ1) is 14.5. The van der Waals surface area contributed by atoms with Crippen molar-refractivity contribution in [1.29, 1.82) is 0 Å². The number of rotatable bonds is 4. The van der Waals surface area contributed by atoms with Gasteiger partial charge in [-0.25, -0.2) is 9.97 Å². The molecule has 5 heteroatoms. The number of piperidine rings is 1. The molecule has 1 aliphatic rings. The van der Waals surface area contributed by atoms with E-state index in [1.165, 1.54) is 12.8 Å². The highest BCUT2D eigenvalue weighted by Gasteiger charge is 2.21. The highest BCUT2D eigenvalue weighted by atomic mass is 15.2. The molecule has 1 unspecified atom stereocenters. The normalized spacial score (nSPS) is 19.4. The van der Waals surface area contributed by atoms with Crippen LogP contribution in [0.15, 0.2) is 36.7 Å². The Morgan fingerprint density at radius 3 is 3.04 bits per heavy atom. The van der Waals surface area contributed by atoms with Crippen molar-refractivity contribution < 1.29 is 0 Å². The van der Waals surface area contributed by atoms with Gasteiger partial charge in [-0.05, 0) is 44.4 Å². The molecule has 3 aromatic rings. The Bertz CT molecular complexity index is 754. The lowest BCUT2D eigenvalue weighted by atomic mass is 9.98. The van der Waals surface area contributed by atoms with Crippen molar-refractivity contribution in [3.63, 3.8) is 0 Å². The van der Waals surface area contributed by atoms with Crippen LogP contribution < -0.4 is 0 Å². The summed E-state index contributed by atoms with van der Waals surface area (Å²) in [4.78, 5) is 15.0. The van der Waals surface area contributed by atoms with Crippen LogP contribution in [0, 0.1) is 12.8 Å². The number of nitrogens with one attached hydrogen (secondary N) is 1. The van der Waals surface area contributed by atoms with Crippen molar-refractivity contribution in [3.8, 4) is 0 Å². The number of aromatic nitrogens is 4. The summed E-state index contributed by atoms with van der Waals surface area (Å²) in [5, 5.41) is 0. The Labute approximate surface area is 136 Å². The molecule has 0 spiro atoms. The maximum absolute atomic E-state index is 4.71. The van der Waals surface area contributed by atoms with Gasteiger partial charge in [0.25, 0.3) is 0 Å². The van der Waals surface area contributed by atoms with Crippen molar-refractivity contribution in [2.75, 3.05) is 13.1 Å². The van der Waals surface area contributed by atoms with Crippen molar-refractivity contribution in [2.45, 2.75) is 32.9 Å². The first-order valence-corrected chi connectivity index (χ1v) is 8.41. The lowest BCUT2D eigenvalue weighted by Crippen LogP contribution is -2.36. The van der Waals surface area contributed by atoms with E-state index in [0.717, 1.165) is 48.9 Å². The predicted molar refractivity (Wildman–Crippen MR) is 91.1 cm³/mol. The van der Waals surface area contributed by atoms with Crippen LogP contribution in [0.3, 0.4) is 0 Å². The van der Waals surface area contributed by atoms with Gasteiger partial charge in [0, 0.05) is 25.5 Å². The largest absolute Gasteiger partial charge is 0.341 e. The molecule has 1 saturated heterocycles. The number of hydrogen-bond acceptors (Lipinski definition) is 3. The average Bonchev–Trinajstić information content (AvgIpc) is 3.13. The van der Waals surface area contributed by atoms with Gasteiger partial charge in [0.15, 0.2) is 0 Å². The minimum absolute atomic E-state index is 0.695. The number of aryl methyl sites for hydroxylation is 1. The predicted octanol–water partition coefficient (Wildman–Crippen LogP) is 2.98. The summed E-state index contributed by atoms with van der Waals surface area (Å²) in [5.74, 6) is 2.88. The van der Waals surface area contributed by atoms with Crippen molar-refractivity contribution >= 4 is 11.0 Å². The summed E-state index contributed by atoms with van der Waals surface area (Å²) in [6.45, 7) is 6.36. The number of nitrogens with zero attached hydrogens (tertiary/aromatic N) is 4. The molecule has 5 nitrogen and oxygen atoms in total. The number of likely N-dealkylation sites (tertiary alicyclic amines) is 1. The monoisotopic (exact) mass is 309 g/mol. The molecule has 0 amide bonds. The Balaban J connectivity index is 1.42. The van der Waals surface area contributed by atoms with Crippen LogP contribution in [-0.2, 0) is 13.1 Å². The van der Waals surface area contributed by atoms with Gasteiger partial charge in [0.1, 0.15) is 11.6 Å². The number of imidazole rings is 2. The first-order chi connectivity index (χ1) is 11.3. The Hall–Kier alpha value is -2.14. The zero-order valence-corrected chi connectivity index (χ0v) is 13.6. The number of benzene rings is 1. The smallest absolute Gasteiger partial charge is 0.121 e. The number of H-pyrrole nitrogens is 1. The van der Waals surface area contributed by atoms with E-state index in [1.54, 1.807) is 0 Å². The van der Waals surface area contributed by atoms with Crippen LogP contribution in [0.2, 0.25) is 0 Å². The number of hydrogen-bond donors (Lipinski definition) is 1. The number of fused-ring (bicyclic) bond motifs is 1. The fourth-order valence-electron chi connectivity index (χ4n) is 3.61. The van der Waals surface area contributed by atoms with Crippen molar-refractivity contribution in [3.05, 3.63) is 48.3 Å². The summed E-state index contributed by atoms with van der Waals surface area (Å²) in [6.07, 6.45) is 6.55. The van der Waals surface area contributed by atoms with Gasteiger partial charge in [0.05, 0.1) is 17.6 Å². The summed E-state index contributed by atoms with van der Waals surface area (Å²) in [7, 11) is 0. The van der Waals surface area contributed by atoms with E-state index >= 15 is 0 Å². The number of aromatic amines is 1. The Morgan fingerprint density at radius 1 is 1.30 bits per heavy atom. The standard InChI is InChI=1S/C18H23N5/c1-14-19-8-10-23(14)12-15-5-4-9-22(11-15)13-18-20-16-6-2-3-7-17(16)21-18/h2-3,6-8,10,15H,4-5,9,11-13H2,1H3,(H,20,21). The van der Waals surface area contributed by atoms with E-state index in [0.29, 0.717) is 5.92 Å². The van der Waals surface area contributed by atoms with Gasteiger partial charge >= 0.3 is 0 Å². The van der Waals surface area contributed by atoms with Crippen molar-refractivity contribution in [1.82, 2.24) is 24.4 Å². The molecule has 0 radical (unpaired) electrons. The lowest BCUT2D eigenvalue weighted by Gasteiger charge is -2.32. The first-order valence-electron chi connectivity index (χ1n) is 8.41. The van der Waals surface area contributed by atoms with Gasteiger partial charge in [-0.15, -0.1) is 0 Å². The van der Waals surface area contributed by atoms with Gasteiger partial charge in [-0.3, -0.25) is 4.90 Å². The van der Waals surface area contributed by atoms with E-state index in [4.69, 9.17) is 4.98 Å². The molecular formula is C18H23N5. The lowest BCUT2D eigenvalue weighted by molar-refractivity contribution is 0.153. The zero-order chi connectivity index (χ0) is 15.6. The fraction of sp³-hybridized carbons (Fsp3) is 0.444. The number of para-hydroxylation sites is 2. The highest BCUT2D eigenvalue weighted by Crippen LogP contribution is 2.21. The van der Waals surface area contributed by atoms with Crippen LogP contribution in [0.5, 0.6) is 0 Å². The second kappa shape index (κ2) is 6.16. The SMILES string of the molecule is Cc1nccn1CC1CCCN(Cc2nc3ccccc3[nH]2)C1. The maximum atomic E-state index is 4.71. The zero-order valence-electron chi connectivity index (χ0n) is 13.6. The molecule has 1 N–H and O–H groups in total. The molecule has 23 heavy (non-hydrogen) atoms. The third-order valence-corrected chi connectivity index (χ3v) is 4.79. The molecule has 1 aliphatic heterocycles. The molecule has 120 valence electrons. The minimum Gasteiger partial charge on any atom is -0.341 e. The van der Waals surface area contributed by atoms with Crippen molar-refractivity contribution in [2.24, 2.45) is 5.92 Å². The van der Waals surface area contributed by atoms with E-state index in [9.17, 15) is 0 Å². The molecule has 1 atom stereocenters. The second-order valence-corrected chi connectivity index (χ2v) is 6.57. The molecule has 4 rings (SSSR count). The Morgan fingerprint density at radius 2 is 2.22 bits per heavy atom. The van der Waals surface area contributed by atoms with Crippen LogP contribution in [-0.4, -0.2) is 37.5 Å². The molecule has 0 aliphatic carbocycles. The van der Waals surface area contributed by atoms with E-state index < -0.39 is 0 Å². The molecule has 3 heterocycles. The van der Waals surface area contributed by atoms with Crippen LogP contribution in [0.25, 0.3) is 11.0 Å². The van der Waals surface area contributed by atoms with E-state index in [1.807, 2.05) is 12.3 Å². The summed E-state index contributed by atoms with van der Waals surface area (Å²) >= 11 is 0. The average molecular weight is 309 g/mol. The van der Waals surface area contributed by atoms with Crippen LogP contribution in [0.4, 0.5) is 0 Å². The topological polar surface area (TPSA) is 49.7 Å². The van der Waals surface area contributed by atoms with E-state index in [-0.39, 0.29) is 0 Å². The molecule has 0 saturated carbocycles. The third kappa shape index (κ3) is 3.15. The van der Waals surface area contributed by atoms with Gasteiger partial charge in [0.2, 0.25) is 0 Å². The fourth-order valence-corrected chi connectivity index (χ4v) is 3.61. The van der Waals surface area contributed by atoms with Crippen LogP contribution >= 0.6 is 0 Å². The molecule has 2 aromatic heterocycles. The summed E-state index contributed by atoms with van der Waals surface area (Å²) < 4.78 is 2.27. The molecule has 1 fully saturated rings. The molecule has 0 bridgehead atoms. The quantitative estimate of drug-likeness (QED) is 0.806. The Kier molecular flexibility index (Phi) is 3.87. The van der Waals surface area contributed by atoms with Crippen LogP contribution in [0.1, 0.15) is 24.5 Å². The van der Waals surface area contributed by atoms with E-state index in [2.05, 4.69) is 50.8 Å². The maximum Gasteiger partial charge on any atom is 0.121 e. The second-order valence-electron chi connectivity index (χ2n) is 6.57. The minimum atomic E-state index is 0.695. The summed E-state index contributed by atoms with van der Waals surface area (Å²) in [6, 6.07) is 8.24. The van der Waals surface area contributed by atoms with Gasteiger partial charge in [-0.2, -0.15) is 0 Å². The highest BCUT2D eigenvalue weighted by molar-refractivity contribution is 5.74. The van der Waals surface area contributed by atoms with Gasteiger partial charge in [-0.1, -0.05) is 12.1 Å². The molecule has 1 aromatic carbocycles. The third-order valence-electron chi connectivity index (χ3n) is 4.79. The summed E-state index contributed by atoms with van der Waals surface area (Å²) in [5.41, 5.74) is 2.19. The van der Waals surface area contributed by atoms with Gasteiger partial charge < -0.3 is 9.55 Å². The molecular weight excluding hydrogens is 286 g/mol.